The van der Waals surface area contributed by atoms with Gasteiger partial charge in [0.1, 0.15) is 6.04 Å². The molecule has 0 heterocycles. The molecule has 194 valence electrons. The number of amides is 2. The fourth-order valence-electron chi connectivity index (χ4n) is 5.06. The molecule has 1 N–H and O–H groups in total. The van der Waals surface area contributed by atoms with Crippen molar-refractivity contribution in [2.24, 2.45) is 0 Å². The second-order valence-electron chi connectivity index (χ2n) is 10.1. The van der Waals surface area contributed by atoms with Crippen molar-refractivity contribution in [1.82, 2.24) is 10.2 Å². The number of benzene rings is 3. The van der Waals surface area contributed by atoms with Gasteiger partial charge in [-0.2, -0.15) is 0 Å². The largest absolute Gasteiger partial charge is 0.352 e. The van der Waals surface area contributed by atoms with Crippen molar-refractivity contribution in [3.63, 3.8) is 0 Å². The topological polar surface area (TPSA) is 49.4 Å². The zero-order chi connectivity index (χ0) is 26.0. The van der Waals surface area contributed by atoms with E-state index in [1.165, 1.54) is 12.0 Å². The van der Waals surface area contributed by atoms with E-state index in [2.05, 4.69) is 36.5 Å². The molecule has 3 aromatic rings. The minimum Gasteiger partial charge on any atom is -0.352 e. The summed E-state index contributed by atoms with van der Waals surface area (Å²) >= 11 is 6.52. The average Bonchev–Trinajstić information content (AvgIpc) is 2.92. The van der Waals surface area contributed by atoms with Crippen molar-refractivity contribution in [2.75, 3.05) is 0 Å². The zero-order valence-corrected chi connectivity index (χ0v) is 22.4. The van der Waals surface area contributed by atoms with Crippen LogP contribution in [0.4, 0.5) is 0 Å². The molecular weight excluding hydrogens is 480 g/mol. The Balaban J connectivity index is 1.61. The number of halogens is 1. The van der Waals surface area contributed by atoms with Gasteiger partial charge in [0.25, 0.3) is 0 Å². The lowest BCUT2D eigenvalue weighted by molar-refractivity contribution is -0.141. The van der Waals surface area contributed by atoms with Gasteiger partial charge in [0, 0.05) is 30.5 Å². The first-order chi connectivity index (χ1) is 18.0. The molecule has 0 radical (unpaired) electrons. The highest BCUT2D eigenvalue weighted by Gasteiger charge is 2.32. The normalized spacial score (nSPS) is 14.6. The number of hydrogen-bond acceptors (Lipinski definition) is 2. The summed E-state index contributed by atoms with van der Waals surface area (Å²) < 4.78 is 0. The van der Waals surface area contributed by atoms with Crippen LogP contribution in [0.5, 0.6) is 0 Å². The van der Waals surface area contributed by atoms with Crippen molar-refractivity contribution in [3.8, 4) is 0 Å². The zero-order valence-electron chi connectivity index (χ0n) is 21.7. The molecule has 5 heteroatoms. The summed E-state index contributed by atoms with van der Waals surface area (Å²) in [7, 11) is 0. The van der Waals surface area contributed by atoms with Gasteiger partial charge in [-0.15, -0.1) is 0 Å². The van der Waals surface area contributed by atoms with Crippen LogP contribution in [-0.4, -0.2) is 28.8 Å². The van der Waals surface area contributed by atoms with Crippen LogP contribution in [-0.2, 0) is 29.0 Å². The minimum absolute atomic E-state index is 0.0415. The van der Waals surface area contributed by atoms with Crippen LogP contribution in [0.2, 0.25) is 5.02 Å². The van der Waals surface area contributed by atoms with E-state index in [-0.39, 0.29) is 17.9 Å². The van der Waals surface area contributed by atoms with E-state index in [0.29, 0.717) is 30.8 Å². The van der Waals surface area contributed by atoms with E-state index in [0.717, 1.165) is 42.4 Å². The van der Waals surface area contributed by atoms with Crippen molar-refractivity contribution >= 4 is 23.4 Å². The predicted molar refractivity (Wildman–Crippen MR) is 150 cm³/mol. The van der Waals surface area contributed by atoms with Gasteiger partial charge in [0.15, 0.2) is 0 Å². The number of aryl methyl sites for hydroxylation is 2. The van der Waals surface area contributed by atoms with Gasteiger partial charge < -0.3 is 10.2 Å². The summed E-state index contributed by atoms with van der Waals surface area (Å²) in [6, 6.07) is 25.3. The Hall–Kier alpha value is -3.11. The van der Waals surface area contributed by atoms with E-state index >= 15 is 0 Å². The molecule has 1 atom stereocenters. The number of rotatable bonds is 10. The summed E-state index contributed by atoms with van der Waals surface area (Å²) in [5, 5.41) is 3.89. The Morgan fingerprint density at radius 2 is 1.57 bits per heavy atom. The van der Waals surface area contributed by atoms with Gasteiger partial charge >= 0.3 is 0 Å². The van der Waals surface area contributed by atoms with Crippen molar-refractivity contribution < 1.29 is 9.59 Å². The second kappa shape index (κ2) is 13.4. The number of nitrogens with zero attached hydrogens (tertiary/aromatic N) is 1. The van der Waals surface area contributed by atoms with E-state index in [9.17, 15) is 9.59 Å². The third kappa shape index (κ3) is 7.93. The van der Waals surface area contributed by atoms with Crippen LogP contribution < -0.4 is 5.32 Å². The Labute approximate surface area is 226 Å². The summed E-state index contributed by atoms with van der Waals surface area (Å²) in [6.45, 7) is 2.35. The minimum atomic E-state index is -0.619. The lowest BCUT2D eigenvalue weighted by Gasteiger charge is -2.33. The molecule has 0 saturated heterocycles. The molecule has 0 bridgehead atoms. The predicted octanol–water partition coefficient (Wildman–Crippen LogP) is 6.67. The Morgan fingerprint density at radius 3 is 2.27 bits per heavy atom. The molecule has 1 fully saturated rings. The first-order valence-corrected chi connectivity index (χ1v) is 13.8. The first-order valence-electron chi connectivity index (χ1n) is 13.4. The van der Waals surface area contributed by atoms with Crippen molar-refractivity contribution in [2.45, 2.75) is 76.9 Å². The van der Waals surface area contributed by atoms with Crippen LogP contribution in [0.25, 0.3) is 0 Å². The molecular formula is C32H37ClN2O2. The number of carbonyl (C=O) groups is 2. The molecule has 0 spiro atoms. The third-order valence-electron chi connectivity index (χ3n) is 7.27. The standard InChI is InChI=1S/C32H37ClN2O2/c1-24-16-18-25(19-17-24)20-21-31(36)35(23-27-12-8-9-15-29(27)33)30(22-26-10-4-2-5-11-26)32(37)34-28-13-6-3-7-14-28/h2,4-5,8-12,15-19,28,30H,3,6-7,13-14,20-23H2,1H3,(H,34,37)/t30-/m0/s1. The highest BCUT2D eigenvalue weighted by molar-refractivity contribution is 6.31. The molecule has 1 aliphatic rings. The summed E-state index contributed by atoms with van der Waals surface area (Å²) in [5.74, 6) is -0.119. The van der Waals surface area contributed by atoms with Crippen LogP contribution in [0, 0.1) is 6.92 Å². The highest BCUT2D eigenvalue weighted by Crippen LogP contribution is 2.23. The number of hydrogen-bond donors (Lipinski definition) is 1. The first kappa shape index (κ1) is 26.9. The molecule has 1 saturated carbocycles. The maximum absolute atomic E-state index is 13.8. The number of nitrogens with one attached hydrogen (secondary N) is 1. The van der Waals surface area contributed by atoms with Gasteiger partial charge in [0.05, 0.1) is 0 Å². The van der Waals surface area contributed by atoms with Crippen LogP contribution in [0.3, 0.4) is 0 Å². The monoisotopic (exact) mass is 516 g/mol. The van der Waals surface area contributed by atoms with Gasteiger partial charge in [-0.3, -0.25) is 9.59 Å². The third-order valence-corrected chi connectivity index (χ3v) is 7.64. The lowest BCUT2D eigenvalue weighted by atomic mass is 9.94. The Kier molecular flexibility index (Phi) is 9.78. The highest BCUT2D eigenvalue weighted by atomic mass is 35.5. The van der Waals surface area contributed by atoms with Crippen LogP contribution in [0.1, 0.15) is 60.8 Å². The average molecular weight is 517 g/mol. The molecule has 2 amide bonds. The number of carbonyl (C=O) groups excluding carboxylic acids is 2. The van der Waals surface area contributed by atoms with E-state index < -0.39 is 6.04 Å². The van der Waals surface area contributed by atoms with Crippen LogP contribution >= 0.6 is 11.6 Å². The lowest BCUT2D eigenvalue weighted by Crippen LogP contribution is -2.53. The SMILES string of the molecule is Cc1ccc(CCC(=O)N(Cc2ccccc2Cl)[C@@H](Cc2ccccc2)C(=O)NC2CCCCC2)cc1. The van der Waals surface area contributed by atoms with Crippen molar-refractivity contribution in [3.05, 3.63) is 106 Å². The molecule has 3 aromatic carbocycles. The summed E-state index contributed by atoms with van der Waals surface area (Å²) in [4.78, 5) is 29.4. The van der Waals surface area contributed by atoms with E-state index in [1.54, 1.807) is 4.90 Å². The smallest absolute Gasteiger partial charge is 0.243 e. The van der Waals surface area contributed by atoms with Gasteiger partial charge in [0.2, 0.25) is 11.8 Å². The van der Waals surface area contributed by atoms with Gasteiger partial charge in [-0.05, 0) is 48.9 Å². The maximum Gasteiger partial charge on any atom is 0.243 e. The van der Waals surface area contributed by atoms with Gasteiger partial charge in [-0.25, -0.2) is 0 Å². The molecule has 0 aromatic heterocycles. The molecule has 0 aliphatic heterocycles. The Morgan fingerprint density at radius 1 is 0.892 bits per heavy atom. The van der Waals surface area contributed by atoms with E-state index in [4.69, 9.17) is 11.6 Å². The Bertz CT molecular complexity index is 1160. The molecule has 4 rings (SSSR count). The fraction of sp³-hybridized carbons (Fsp3) is 0.375. The summed E-state index contributed by atoms with van der Waals surface area (Å²) in [5.41, 5.74) is 4.18. The van der Waals surface area contributed by atoms with Crippen LogP contribution in [0.15, 0.2) is 78.9 Å². The second-order valence-corrected chi connectivity index (χ2v) is 10.6. The molecule has 0 unspecified atom stereocenters. The summed E-state index contributed by atoms with van der Waals surface area (Å²) in [6.07, 6.45) is 6.89. The van der Waals surface area contributed by atoms with Gasteiger partial charge in [-0.1, -0.05) is 109 Å². The fourth-order valence-corrected chi connectivity index (χ4v) is 5.25. The molecule has 1 aliphatic carbocycles. The molecule has 4 nitrogen and oxygen atoms in total. The van der Waals surface area contributed by atoms with E-state index in [1.807, 2.05) is 54.6 Å². The molecule has 37 heavy (non-hydrogen) atoms. The quantitative estimate of drug-likeness (QED) is 0.327. The van der Waals surface area contributed by atoms with Crippen molar-refractivity contribution in [1.29, 1.82) is 0 Å². The maximum atomic E-state index is 13.8.